The molecule has 0 unspecified atom stereocenters. The van der Waals surface area contributed by atoms with Crippen molar-refractivity contribution in [3.05, 3.63) is 56.4 Å². The van der Waals surface area contributed by atoms with Crippen LogP contribution in [-0.4, -0.2) is 38.4 Å². The normalized spacial score (nSPS) is 16.3. The lowest BCUT2D eigenvalue weighted by Crippen LogP contribution is -2.47. The van der Waals surface area contributed by atoms with Crippen molar-refractivity contribution < 1.29 is 14.0 Å². The van der Waals surface area contributed by atoms with Crippen molar-refractivity contribution in [3.8, 4) is 0 Å². The minimum atomic E-state index is -0.567. The fourth-order valence-corrected chi connectivity index (χ4v) is 5.21. The molecule has 1 aliphatic heterocycles. The molecule has 0 spiro atoms. The summed E-state index contributed by atoms with van der Waals surface area (Å²) in [4.78, 5) is 53.4. The molecule has 1 atom stereocenters. The standard InChI is InChI=1S/C23H28N4O5S/c1-2-16-6-3-4-10-25(16)20(29)15-27-18-9-13-33-21(18)22(30)26(23(27)31)11-8-19(28)24-14-17-7-5-12-32-17/h5,7,9,12-13,16H,2-4,6,8,10-11,14-15H2,1H3,(H,24,28)/t16-/m0/s1. The summed E-state index contributed by atoms with van der Waals surface area (Å²) in [6.45, 7) is 2.81. The Bertz CT molecular complexity index is 1240. The summed E-state index contributed by atoms with van der Waals surface area (Å²) in [5.41, 5.74) is -0.535. The van der Waals surface area contributed by atoms with Crippen molar-refractivity contribution in [2.75, 3.05) is 6.54 Å². The van der Waals surface area contributed by atoms with E-state index < -0.39 is 11.2 Å². The number of thiophene rings is 1. The second-order valence-corrected chi connectivity index (χ2v) is 9.13. The average molecular weight is 473 g/mol. The molecule has 0 bridgehead atoms. The largest absolute Gasteiger partial charge is 0.467 e. The van der Waals surface area contributed by atoms with Crippen LogP contribution in [-0.2, 0) is 29.2 Å². The van der Waals surface area contributed by atoms with Gasteiger partial charge in [0.05, 0.1) is 18.3 Å². The zero-order valence-electron chi connectivity index (χ0n) is 18.6. The molecule has 1 saturated heterocycles. The highest BCUT2D eigenvalue weighted by Crippen LogP contribution is 2.21. The van der Waals surface area contributed by atoms with E-state index in [0.29, 0.717) is 22.5 Å². The highest BCUT2D eigenvalue weighted by Gasteiger charge is 2.26. The van der Waals surface area contributed by atoms with Gasteiger partial charge in [0.25, 0.3) is 5.56 Å². The van der Waals surface area contributed by atoms with Gasteiger partial charge < -0.3 is 14.6 Å². The quantitative estimate of drug-likeness (QED) is 0.542. The monoisotopic (exact) mass is 472 g/mol. The Labute approximate surface area is 194 Å². The lowest BCUT2D eigenvalue weighted by Gasteiger charge is -2.35. The van der Waals surface area contributed by atoms with E-state index in [-0.39, 0.29) is 43.9 Å². The van der Waals surface area contributed by atoms with Gasteiger partial charge in [0.15, 0.2) is 0 Å². The molecule has 4 rings (SSSR count). The fourth-order valence-electron chi connectivity index (χ4n) is 4.36. The van der Waals surface area contributed by atoms with E-state index in [1.54, 1.807) is 23.6 Å². The van der Waals surface area contributed by atoms with Gasteiger partial charge in [-0.05, 0) is 49.3 Å². The highest BCUT2D eigenvalue weighted by atomic mass is 32.1. The van der Waals surface area contributed by atoms with Gasteiger partial charge >= 0.3 is 5.69 Å². The molecule has 3 aromatic heterocycles. The number of carbonyl (C=O) groups is 2. The number of nitrogens with zero attached hydrogens (tertiary/aromatic N) is 3. The van der Waals surface area contributed by atoms with E-state index in [4.69, 9.17) is 4.42 Å². The molecular weight excluding hydrogens is 444 g/mol. The summed E-state index contributed by atoms with van der Waals surface area (Å²) in [5.74, 6) is 0.202. The zero-order valence-corrected chi connectivity index (χ0v) is 19.4. The summed E-state index contributed by atoms with van der Waals surface area (Å²) in [5, 5.41) is 4.45. The summed E-state index contributed by atoms with van der Waals surface area (Å²) in [6, 6.07) is 5.36. The van der Waals surface area contributed by atoms with Crippen LogP contribution in [0.15, 0.2) is 43.8 Å². The minimum Gasteiger partial charge on any atom is -0.467 e. The van der Waals surface area contributed by atoms with Crippen molar-refractivity contribution in [1.82, 2.24) is 19.4 Å². The van der Waals surface area contributed by atoms with Crippen LogP contribution in [0.1, 0.15) is 44.8 Å². The molecule has 1 fully saturated rings. The Kier molecular flexibility index (Phi) is 7.12. The molecule has 3 aromatic rings. The van der Waals surface area contributed by atoms with Gasteiger partial charge in [-0.15, -0.1) is 11.3 Å². The number of hydrogen-bond acceptors (Lipinski definition) is 6. The SMILES string of the molecule is CC[C@H]1CCCCN1C(=O)Cn1c(=O)n(CCC(=O)NCc2ccco2)c(=O)c2sccc21. The van der Waals surface area contributed by atoms with Crippen LogP contribution >= 0.6 is 11.3 Å². The van der Waals surface area contributed by atoms with E-state index in [9.17, 15) is 19.2 Å². The van der Waals surface area contributed by atoms with E-state index >= 15 is 0 Å². The molecule has 10 heteroatoms. The third-order valence-corrected chi connectivity index (χ3v) is 7.04. The molecule has 0 radical (unpaired) electrons. The molecule has 2 amide bonds. The third-order valence-electron chi connectivity index (χ3n) is 6.15. The van der Waals surface area contributed by atoms with Gasteiger partial charge in [-0.3, -0.25) is 23.5 Å². The van der Waals surface area contributed by atoms with E-state index in [1.807, 2.05) is 4.90 Å². The second-order valence-electron chi connectivity index (χ2n) is 8.21. The molecule has 0 saturated carbocycles. The van der Waals surface area contributed by atoms with Crippen molar-refractivity contribution in [3.63, 3.8) is 0 Å². The van der Waals surface area contributed by atoms with Gasteiger partial charge in [-0.25, -0.2) is 4.79 Å². The van der Waals surface area contributed by atoms with Crippen LogP contribution in [0.4, 0.5) is 0 Å². The van der Waals surface area contributed by atoms with E-state index in [2.05, 4.69) is 12.2 Å². The summed E-state index contributed by atoms with van der Waals surface area (Å²) < 4.78 is 8.03. The summed E-state index contributed by atoms with van der Waals surface area (Å²) in [7, 11) is 0. The molecule has 9 nitrogen and oxygen atoms in total. The van der Waals surface area contributed by atoms with E-state index in [0.717, 1.165) is 30.3 Å². The first-order valence-corrected chi connectivity index (χ1v) is 12.2. The maximum absolute atomic E-state index is 13.2. The number of furan rings is 1. The number of piperidine rings is 1. The first kappa shape index (κ1) is 23.0. The van der Waals surface area contributed by atoms with Crippen molar-refractivity contribution in [2.45, 2.75) is 64.7 Å². The number of rotatable bonds is 8. The molecular formula is C23H28N4O5S. The van der Waals surface area contributed by atoms with E-state index in [1.165, 1.54) is 22.2 Å². The lowest BCUT2D eigenvalue weighted by molar-refractivity contribution is -0.135. The lowest BCUT2D eigenvalue weighted by atomic mass is 10.00. The minimum absolute atomic E-state index is 0.0370. The summed E-state index contributed by atoms with van der Waals surface area (Å²) >= 11 is 1.23. The predicted octanol–water partition coefficient (Wildman–Crippen LogP) is 2.32. The van der Waals surface area contributed by atoms with Crippen LogP contribution in [0.25, 0.3) is 10.2 Å². The molecule has 4 heterocycles. The van der Waals surface area contributed by atoms with Crippen molar-refractivity contribution >= 4 is 33.4 Å². The van der Waals surface area contributed by atoms with Gasteiger partial charge in [0.2, 0.25) is 11.8 Å². The number of likely N-dealkylation sites (tertiary alicyclic amines) is 1. The highest BCUT2D eigenvalue weighted by molar-refractivity contribution is 7.17. The Morgan fingerprint density at radius 2 is 2.06 bits per heavy atom. The maximum Gasteiger partial charge on any atom is 0.332 e. The predicted molar refractivity (Wildman–Crippen MR) is 125 cm³/mol. The number of nitrogens with one attached hydrogen (secondary N) is 1. The number of hydrogen-bond donors (Lipinski definition) is 1. The second kappa shape index (κ2) is 10.2. The molecule has 0 aromatic carbocycles. The smallest absolute Gasteiger partial charge is 0.332 e. The Balaban J connectivity index is 1.54. The topological polar surface area (TPSA) is 107 Å². The van der Waals surface area contributed by atoms with Crippen LogP contribution in [0, 0.1) is 0 Å². The Hall–Kier alpha value is -3.14. The van der Waals surface area contributed by atoms with Crippen molar-refractivity contribution in [2.24, 2.45) is 0 Å². The number of amides is 2. The van der Waals surface area contributed by atoms with Gasteiger partial charge in [0, 0.05) is 25.6 Å². The molecule has 1 aliphatic rings. The van der Waals surface area contributed by atoms with Crippen LogP contribution in [0.5, 0.6) is 0 Å². The molecule has 1 N–H and O–H groups in total. The number of fused-ring (bicyclic) bond motifs is 1. The molecule has 176 valence electrons. The fraction of sp³-hybridized carbons (Fsp3) is 0.478. The van der Waals surface area contributed by atoms with Crippen LogP contribution < -0.4 is 16.6 Å². The third kappa shape index (κ3) is 4.95. The van der Waals surface area contributed by atoms with Crippen LogP contribution in [0.2, 0.25) is 0 Å². The first-order chi connectivity index (χ1) is 16.0. The Morgan fingerprint density at radius 1 is 1.21 bits per heavy atom. The number of carbonyl (C=O) groups excluding carboxylic acids is 2. The van der Waals surface area contributed by atoms with Gasteiger partial charge in [0.1, 0.15) is 17.0 Å². The first-order valence-electron chi connectivity index (χ1n) is 11.3. The average Bonchev–Trinajstić information content (AvgIpc) is 3.52. The van der Waals surface area contributed by atoms with Gasteiger partial charge in [-0.2, -0.15) is 0 Å². The van der Waals surface area contributed by atoms with Crippen LogP contribution in [0.3, 0.4) is 0 Å². The zero-order chi connectivity index (χ0) is 23.4. The maximum atomic E-state index is 13.2. The van der Waals surface area contributed by atoms with Gasteiger partial charge in [-0.1, -0.05) is 6.92 Å². The summed E-state index contributed by atoms with van der Waals surface area (Å²) in [6.07, 6.45) is 5.39. The molecule has 0 aliphatic carbocycles. The van der Waals surface area contributed by atoms with Crippen molar-refractivity contribution in [1.29, 1.82) is 0 Å². The molecule has 33 heavy (non-hydrogen) atoms. The number of aromatic nitrogens is 2. The Morgan fingerprint density at radius 3 is 2.82 bits per heavy atom.